The van der Waals surface area contributed by atoms with Gasteiger partial charge >= 0.3 is 0 Å². The van der Waals surface area contributed by atoms with Gasteiger partial charge in [-0.25, -0.2) is 0 Å². The van der Waals surface area contributed by atoms with E-state index < -0.39 is 4.92 Å². The molecule has 1 heterocycles. The van der Waals surface area contributed by atoms with Crippen LogP contribution in [0.15, 0.2) is 59.1 Å². The van der Waals surface area contributed by atoms with Crippen LogP contribution in [0.3, 0.4) is 0 Å². The normalized spacial score (nSPS) is 10.5. The summed E-state index contributed by atoms with van der Waals surface area (Å²) in [6.07, 6.45) is 0.125. The quantitative estimate of drug-likeness (QED) is 0.525. The van der Waals surface area contributed by atoms with Gasteiger partial charge in [-0.15, -0.1) is 0 Å². The third-order valence-electron chi connectivity index (χ3n) is 3.67. The van der Waals surface area contributed by atoms with Crippen molar-refractivity contribution in [2.45, 2.75) is 13.0 Å². The highest BCUT2D eigenvalue weighted by Crippen LogP contribution is 2.22. The van der Waals surface area contributed by atoms with Crippen molar-refractivity contribution < 1.29 is 14.2 Å². The van der Waals surface area contributed by atoms with Crippen LogP contribution in [0.1, 0.15) is 11.3 Å². The van der Waals surface area contributed by atoms with Gasteiger partial charge in [-0.05, 0) is 29.8 Å². The Balaban J connectivity index is 1.54. The van der Waals surface area contributed by atoms with Gasteiger partial charge in [0.2, 0.25) is 5.91 Å². The van der Waals surface area contributed by atoms with E-state index in [1.807, 2.05) is 12.1 Å². The molecule has 3 aromatic rings. The molecule has 7 nitrogen and oxygen atoms in total. The fourth-order valence-electron chi connectivity index (χ4n) is 2.32. The first-order valence-electron chi connectivity index (χ1n) is 7.73. The Kier molecular flexibility index (Phi) is 5.28. The van der Waals surface area contributed by atoms with E-state index in [2.05, 4.69) is 10.5 Å². The van der Waals surface area contributed by atoms with Crippen LogP contribution in [0.4, 0.5) is 5.69 Å². The van der Waals surface area contributed by atoms with Crippen molar-refractivity contribution in [3.05, 3.63) is 81.0 Å². The van der Waals surface area contributed by atoms with Gasteiger partial charge in [0.15, 0.2) is 5.76 Å². The molecule has 2 aromatic carbocycles. The largest absolute Gasteiger partial charge is 0.356 e. The highest BCUT2D eigenvalue weighted by Gasteiger charge is 2.10. The van der Waals surface area contributed by atoms with E-state index in [-0.39, 0.29) is 24.6 Å². The summed E-state index contributed by atoms with van der Waals surface area (Å²) in [7, 11) is 0. The monoisotopic (exact) mass is 371 g/mol. The zero-order valence-electron chi connectivity index (χ0n) is 13.5. The molecule has 0 radical (unpaired) electrons. The number of hydrogen-bond acceptors (Lipinski definition) is 5. The average molecular weight is 372 g/mol. The zero-order valence-corrected chi connectivity index (χ0v) is 14.3. The van der Waals surface area contributed by atoms with Crippen LogP contribution >= 0.6 is 11.6 Å². The van der Waals surface area contributed by atoms with E-state index in [9.17, 15) is 14.9 Å². The molecule has 0 aliphatic carbocycles. The molecule has 8 heteroatoms. The Labute approximate surface area is 153 Å². The minimum absolute atomic E-state index is 0.00789. The van der Waals surface area contributed by atoms with Crippen LogP contribution < -0.4 is 5.32 Å². The van der Waals surface area contributed by atoms with E-state index in [0.717, 1.165) is 5.56 Å². The second-order valence-electron chi connectivity index (χ2n) is 5.57. The predicted octanol–water partition coefficient (Wildman–Crippen LogP) is 3.76. The molecule has 1 N–H and O–H groups in total. The van der Waals surface area contributed by atoms with Gasteiger partial charge in [0.05, 0.1) is 17.9 Å². The first-order chi connectivity index (χ1) is 12.5. The number of rotatable bonds is 6. The predicted molar refractivity (Wildman–Crippen MR) is 95.6 cm³/mol. The maximum absolute atomic E-state index is 12.0. The number of carbonyl (C=O) groups excluding carboxylic acids is 1. The van der Waals surface area contributed by atoms with Gasteiger partial charge < -0.3 is 9.84 Å². The SMILES string of the molecule is O=C(Cc1ccc([N+](=O)[O-])cc1)NCc1cc(-c2ccc(Cl)cc2)on1. The van der Waals surface area contributed by atoms with Crippen molar-refractivity contribution in [3.63, 3.8) is 0 Å². The minimum Gasteiger partial charge on any atom is -0.356 e. The molecule has 1 amide bonds. The lowest BCUT2D eigenvalue weighted by Crippen LogP contribution is -2.24. The molecule has 132 valence electrons. The van der Waals surface area contributed by atoms with Crippen LogP contribution in [0.5, 0.6) is 0 Å². The van der Waals surface area contributed by atoms with E-state index in [1.54, 1.807) is 30.3 Å². The number of aromatic nitrogens is 1. The van der Waals surface area contributed by atoms with Crippen molar-refractivity contribution >= 4 is 23.2 Å². The molecule has 26 heavy (non-hydrogen) atoms. The first-order valence-corrected chi connectivity index (χ1v) is 8.10. The highest BCUT2D eigenvalue weighted by atomic mass is 35.5. The Morgan fingerprint density at radius 2 is 1.85 bits per heavy atom. The maximum Gasteiger partial charge on any atom is 0.269 e. The fourth-order valence-corrected chi connectivity index (χ4v) is 2.44. The molecule has 0 saturated carbocycles. The van der Waals surface area contributed by atoms with Gasteiger partial charge in [-0.2, -0.15) is 0 Å². The third kappa shape index (κ3) is 4.46. The van der Waals surface area contributed by atoms with Crippen LogP contribution in [-0.4, -0.2) is 16.0 Å². The zero-order chi connectivity index (χ0) is 18.5. The molecule has 3 rings (SSSR count). The summed E-state index contributed by atoms with van der Waals surface area (Å²) in [6, 6.07) is 14.8. The number of nitrogens with one attached hydrogen (secondary N) is 1. The molecule has 0 fully saturated rings. The summed E-state index contributed by atoms with van der Waals surface area (Å²) in [4.78, 5) is 22.1. The second-order valence-corrected chi connectivity index (χ2v) is 6.00. The molecular formula is C18H14ClN3O4. The number of carbonyl (C=O) groups is 1. The van der Waals surface area contributed by atoms with E-state index in [0.29, 0.717) is 22.0 Å². The van der Waals surface area contributed by atoms with Gasteiger partial charge in [0, 0.05) is 28.8 Å². The summed E-state index contributed by atoms with van der Waals surface area (Å²) in [5.74, 6) is 0.371. The number of halogens is 1. The lowest BCUT2D eigenvalue weighted by Gasteiger charge is -2.03. The molecule has 0 saturated heterocycles. The Morgan fingerprint density at radius 3 is 2.50 bits per heavy atom. The first kappa shape index (κ1) is 17.6. The number of amides is 1. The van der Waals surface area contributed by atoms with Crippen LogP contribution in [-0.2, 0) is 17.8 Å². The molecule has 0 spiro atoms. The minimum atomic E-state index is -0.479. The van der Waals surface area contributed by atoms with Crippen LogP contribution in [0, 0.1) is 10.1 Å². The number of nitro groups is 1. The van der Waals surface area contributed by atoms with Crippen LogP contribution in [0.2, 0.25) is 5.02 Å². The Bertz CT molecular complexity index is 920. The lowest BCUT2D eigenvalue weighted by atomic mass is 10.1. The maximum atomic E-state index is 12.0. The van der Waals surface area contributed by atoms with Crippen molar-refractivity contribution in [1.29, 1.82) is 0 Å². The number of hydrogen-bond donors (Lipinski definition) is 1. The summed E-state index contributed by atoms with van der Waals surface area (Å²) >= 11 is 5.85. The summed E-state index contributed by atoms with van der Waals surface area (Å²) < 4.78 is 5.27. The van der Waals surface area contributed by atoms with Crippen LogP contribution in [0.25, 0.3) is 11.3 Å². The molecule has 0 bridgehead atoms. The second kappa shape index (κ2) is 7.79. The average Bonchev–Trinajstić information content (AvgIpc) is 3.10. The molecule has 1 aromatic heterocycles. The fraction of sp³-hybridized carbons (Fsp3) is 0.111. The Hall–Kier alpha value is -3.19. The molecule has 0 atom stereocenters. The van der Waals surface area contributed by atoms with Crippen molar-refractivity contribution in [3.8, 4) is 11.3 Å². The highest BCUT2D eigenvalue weighted by molar-refractivity contribution is 6.30. The third-order valence-corrected chi connectivity index (χ3v) is 3.92. The lowest BCUT2D eigenvalue weighted by molar-refractivity contribution is -0.384. The van der Waals surface area contributed by atoms with Gasteiger partial charge in [-0.3, -0.25) is 14.9 Å². The van der Waals surface area contributed by atoms with Crippen molar-refractivity contribution in [2.24, 2.45) is 0 Å². The number of benzene rings is 2. The standard InChI is InChI=1S/C18H14ClN3O4/c19-14-5-3-13(4-6-14)17-10-15(21-26-17)11-20-18(23)9-12-1-7-16(8-2-12)22(24)25/h1-8,10H,9,11H2,(H,20,23). The van der Waals surface area contributed by atoms with Crippen molar-refractivity contribution in [1.82, 2.24) is 10.5 Å². The van der Waals surface area contributed by atoms with Gasteiger partial charge in [-0.1, -0.05) is 28.9 Å². The van der Waals surface area contributed by atoms with Crippen molar-refractivity contribution in [2.75, 3.05) is 0 Å². The molecular weight excluding hydrogens is 358 g/mol. The summed E-state index contributed by atoms with van der Waals surface area (Å²) in [5.41, 5.74) is 2.11. The number of nitro benzene ring substituents is 1. The van der Waals surface area contributed by atoms with E-state index in [4.69, 9.17) is 16.1 Å². The number of non-ortho nitro benzene ring substituents is 1. The number of nitrogens with zero attached hydrogens (tertiary/aromatic N) is 2. The summed E-state index contributed by atoms with van der Waals surface area (Å²) in [6.45, 7) is 0.225. The summed E-state index contributed by atoms with van der Waals surface area (Å²) in [5, 5.41) is 17.9. The molecule has 0 unspecified atom stereocenters. The molecule has 0 aliphatic rings. The van der Waals surface area contributed by atoms with Gasteiger partial charge in [0.1, 0.15) is 5.69 Å². The molecule has 0 aliphatic heterocycles. The topological polar surface area (TPSA) is 98.3 Å². The van der Waals surface area contributed by atoms with E-state index >= 15 is 0 Å². The smallest absolute Gasteiger partial charge is 0.269 e. The van der Waals surface area contributed by atoms with E-state index in [1.165, 1.54) is 12.1 Å². The van der Waals surface area contributed by atoms with Gasteiger partial charge in [0.25, 0.3) is 5.69 Å². The Morgan fingerprint density at radius 1 is 1.15 bits per heavy atom.